The number of aliphatic carboxylic acids is 1. The van der Waals surface area contributed by atoms with E-state index in [0.29, 0.717) is 13.0 Å². The Kier molecular flexibility index (Phi) is 3.59. The van der Waals surface area contributed by atoms with Crippen LogP contribution in [0.2, 0.25) is 0 Å². The van der Waals surface area contributed by atoms with E-state index >= 15 is 0 Å². The van der Waals surface area contributed by atoms with Crippen LogP contribution < -0.4 is 11.1 Å². The fourth-order valence-corrected chi connectivity index (χ4v) is 1.67. The number of likely N-dealkylation sites (tertiary alicyclic amines) is 1. The summed E-state index contributed by atoms with van der Waals surface area (Å²) in [5.74, 6) is -1.55. The zero-order chi connectivity index (χ0) is 13.2. The molecule has 7 nitrogen and oxygen atoms in total. The van der Waals surface area contributed by atoms with Gasteiger partial charge in [-0.25, -0.2) is 4.79 Å². The number of amides is 3. The fraction of sp³-hybridized carbons (Fsp3) is 0.700. The first-order valence-corrected chi connectivity index (χ1v) is 5.34. The average Bonchev–Trinajstić information content (AvgIpc) is 2.62. The quantitative estimate of drug-likeness (QED) is 0.612. The normalized spacial score (nSPS) is 25.4. The van der Waals surface area contributed by atoms with Gasteiger partial charge in [0.15, 0.2) is 0 Å². The van der Waals surface area contributed by atoms with Crippen LogP contribution in [0, 0.1) is 5.41 Å². The molecule has 1 aliphatic rings. The van der Waals surface area contributed by atoms with Gasteiger partial charge in [0, 0.05) is 13.1 Å². The van der Waals surface area contributed by atoms with Crippen molar-refractivity contribution in [2.24, 2.45) is 11.1 Å². The van der Waals surface area contributed by atoms with E-state index in [-0.39, 0.29) is 6.54 Å². The van der Waals surface area contributed by atoms with Crippen molar-refractivity contribution in [3.8, 4) is 0 Å². The highest BCUT2D eigenvalue weighted by molar-refractivity contribution is 5.85. The van der Waals surface area contributed by atoms with Crippen molar-refractivity contribution in [2.75, 3.05) is 13.1 Å². The van der Waals surface area contributed by atoms with Crippen molar-refractivity contribution in [3.05, 3.63) is 0 Å². The molecule has 0 aromatic heterocycles. The first kappa shape index (κ1) is 13.3. The maximum atomic E-state index is 11.7. The molecule has 0 aromatic carbocycles. The Morgan fingerprint density at radius 1 is 1.47 bits per heavy atom. The summed E-state index contributed by atoms with van der Waals surface area (Å²) >= 11 is 0. The maximum absolute atomic E-state index is 11.7. The number of hydrogen-bond acceptors (Lipinski definition) is 3. The summed E-state index contributed by atoms with van der Waals surface area (Å²) in [4.78, 5) is 34.8. The SMILES string of the molecule is C[C@H](NC(=O)N1CCC(C)(C(N)=O)C1)C(=O)O. The predicted octanol–water partition coefficient (Wildman–Crippen LogP) is -0.634. The van der Waals surface area contributed by atoms with Crippen LogP contribution in [0.3, 0.4) is 0 Å². The molecule has 1 fully saturated rings. The molecule has 0 radical (unpaired) electrons. The number of urea groups is 1. The summed E-state index contributed by atoms with van der Waals surface area (Å²) in [6.07, 6.45) is 0.497. The highest BCUT2D eigenvalue weighted by Gasteiger charge is 2.40. The van der Waals surface area contributed by atoms with Gasteiger partial charge in [-0.05, 0) is 20.3 Å². The molecular formula is C10H17N3O4. The summed E-state index contributed by atoms with van der Waals surface area (Å²) in [7, 11) is 0. The molecular weight excluding hydrogens is 226 g/mol. The van der Waals surface area contributed by atoms with Crippen LogP contribution in [-0.2, 0) is 9.59 Å². The van der Waals surface area contributed by atoms with Gasteiger partial charge in [0.25, 0.3) is 0 Å². The van der Waals surface area contributed by atoms with Crippen LogP contribution in [0.25, 0.3) is 0 Å². The number of carboxylic acid groups (broad SMARTS) is 1. The predicted molar refractivity (Wildman–Crippen MR) is 59.1 cm³/mol. The van der Waals surface area contributed by atoms with Gasteiger partial charge in [0.2, 0.25) is 5.91 Å². The summed E-state index contributed by atoms with van der Waals surface area (Å²) in [6.45, 7) is 3.70. The van der Waals surface area contributed by atoms with Crippen molar-refractivity contribution in [3.63, 3.8) is 0 Å². The molecule has 1 unspecified atom stereocenters. The molecule has 1 saturated heterocycles. The second kappa shape index (κ2) is 4.60. The third-order valence-corrected chi connectivity index (χ3v) is 3.07. The number of carboxylic acids is 1. The lowest BCUT2D eigenvalue weighted by molar-refractivity contribution is -0.138. The number of carbonyl (C=O) groups is 3. The third-order valence-electron chi connectivity index (χ3n) is 3.07. The lowest BCUT2D eigenvalue weighted by atomic mass is 9.89. The van der Waals surface area contributed by atoms with Crippen LogP contribution in [0.5, 0.6) is 0 Å². The van der Waals surface area contributed by atoms with Crippen LogP contribution >= 0.6 is 0 Å². The lowest BCUT2D eigenvalue weighted by Crippen LogP contribution is -2.47. The molecule has 0 bridgehead atoms. The lowest BCUT2D eigenvalue weighted by Gasteiger charge is -2.22. The van der Waals surface area contributed by atoms with Crippen molar-refractivity contribution < 1.29 is 19.5 Å². The van der Waals surface area contributed by atoms with Crippen molar-refractivity contribution in [2.45, 2.75) is 26.3 Å². The molecule has 1 aliphatic heterocycles. The minimum atomic E-state index is -1.10. The Bertz CT molecular complexity index is 357. The molecule has 7 heteroatoms. The Morgan fingerprint density at radius 3 is 2.47 bits per heavy atom. The van der Waals surface area contributed by atoms with Crippen molar-refractivity contribution >= 4 is 17.9 Å². The molecule has 4 N–H and O–H groups in total. The Balaban J connectivity index is 2.57. The third kappa shape index (κ3) is 2.86. The van der Waals surface area contributed by atoms with Gasteiger partial charge in [-0.15, -0.1) is 0 Å². The van der Waals surface area contributed by atoms with Gasteiger partial charge in [0.1, 0.15) is 6.04 Å². The number of nitrogens with one attached hydrogen (secondary N) is 1. The molecule has 1 rings (SSSR count). The molecule has 96 valence electrons. The van der Waals surface area contributed by atoms with Gasteiger partial charge in [0.05, 0.1) is 5.41 Å². The molecule has 1 heterocycles. The highest BCUT2D eigenvalue weighted by atomic mass is 16.4. The number of carbonyl (C=O) groups excluding carboxylic acids is 2. The molecule has 3 amide bonds. The van der Waals surface area contributed by atoms with Gasteiger partial charge >= 0.3 is 12.0 Å². The summed E-state index contributed by atoms with van der Waals surface area (Å²) in [6, 6.07) is -1.44. The fourth-order valence-electron chi connectivity index (χ4n) is 1.67. The average molecular weight is 243 g/mol. The number of hydrogen-bond donors (Lipinski definition) is 3. The maximum Gasteiger partial charge on any atom is 0.325 e. The van der Waals surface area contributed by atoms with Gasteiger partial charge in [-0.2, -0.15) is 0 Å². The summed E-state index contributed by atoms with van der Waals surface area (Å²) < 4.78 is 0. The first-order valence-electron chi connectivity index (χ1n) is 5.34. The molecule has 0 aliphatic carbocycles. The number of rotatable bonds is 3. The van der Waals surface area contributed by atoms with Crippen LogP contribution in [0.1, 0.15) is 20.3 Å². The molecule has 0 spiro atoms. The van der Waals surface area contributed by atoms with Crippen molar-refractivity contribution in [1.29, 1.82) is 0 Å². The van der Waals surface area contributed by atoms with E-state index in [0.717, 1.165) is 0 Å². The number of nitrogens with two attached hydrogens (primary N) is 1. The minimum Gasteiger partial charge on any atom is -0.480 e. The van der Waals surface area contributed by atoms with Crippen LogP contribution in [0.4, 0.5) is 4.79 Å². The zero-order valence-electron chi connectivity index (χ0n) is 9.90. The summed E-state index contributed by atoms with van der Waals surface area (Å²) in [5.41, 5.74) is 4.53. The van der Waals surface area contributed by atoms with E-state index in [1.165, 1.54) is 11.8 Å². The monoisotopic (exact) mass is 243 g/mol. The topological polar surface area (TPSA) is 113 Å². The van der Waals surface area contributed by atoms with E-state index in [9.17, 15) is 14.4 Å². The standard InChI is InChI=1S/C10H17N3O4/c1-6(7(14)15)12-9(17)13-4-3-10(2,5-13)8(11)16/h6H,3-5H2,1-2H3,(H2,11,16)(H,12,17)(H,14,15)/t6-,10?/m0/s1. The van der Waals surface area contributed by atoms with E-state index in [1.54, 1.807) is 6.92 Å². The second-order valence-corrected chi connectivity index (χ2v) is 4.61. The largest absolute Gasteiger partial charge is 0.480 e. The highest BCUT2D eigenvalue weighted by Crippen LogP contribution is 2.29. The molecule has 0 aromatic rings. The van der Waals surface area contributed by atoms with Crippen molar-refractivity contribution in [1.82, 2.24) is 10.2 Å². The minimum absolute atomic E-state index is 0.223. The van der Waals surface area contributed by atoms with Gasteiger partial charge in [-0.1, -0.05) is 0 Å². The number of primary amides is 1. The zero-order valence-corrected chi connectivity index (χ0v) is 9.90. The van der Waals surface area contributed by atoms with E-state index in [4.69, 9.17) is 10.8 Å². The van der Waals surface area contributed by atoms with E-state index < -0.39 is 29.4 Å². The molecule has 0 saturated carbocycles. The summed E-state index contributed by atoms with van der Waals surface area (Å²) in [5, 5.41) is 11.0. The Labute approximate surface area is 98.9 Å². The second-order valence-electron chi connectivity index (χ2n) is 4.61. The van der Waals surface area contributed by atoms with Crippen LogP contribution in [0.15, 0.2) is 0 Å². The Morgan fingerprint density at radius 2 is 2.06 bits per heavy atom. The molecule has 17 heavy (non-hydrogen) atoms. The molecule has 2 atom stereocenters. The Hall–Kier alpha value is -1.79. The van der Waals surface area contributed by atoms with Gasteiger partial charge < -0.3 is 21.1 Å². The van der Waals surface area contributed by atoms with E-state index in [1.807, 2.05) is 0 Å². The number of nitrogens with zero attached hydrogens (tertiary/aromatic N) is 1. The van der Waals surface area contributed by atoms with Gasteiger partial charge in [-0.3, -0.25) is 9.59 Å². The van der Waals surface area contributed by atoms with E-state index in [2.05, 4.69) is 5.32 Å². The smallest absolute Gasteiger partial charge is 0.325 e. The van der Waals surface area contributed by atoms with Crippen LogP contribution in [-0.4, -0.2) is 47.0 Å². The first-order chi connectivity index (χ1) is 7.76.